The van der Waals surface area contributed by atoms with Crippen LogP contribution in [-0.4, -0.2) is 26.4 Å². The highest BCUT2D eigenvalue weighted by molar-refractivity contribution is 5.93. The number of tetrazole rings is 1. The number of hydrogen-bond acceptors (Lipinski definition) is 4. The first-order chi connectivity index (χ1) is 14.2. The molecule has 0 spiro atoms. The van der Waals surface area contributed by atoms with Crippen molar-refractivity contribution in [1.29, 1.82) is 0 Å². The van der Waals surface area contributed by atoms with Crippen LogP contribution in [0.15, 0.2) is 42.5 Å². The summed E-state index contributed by atoms with van der Waals surface area (Å²) >= 11 is 0. The Kier molecular flexibility index (Phi) is 4.92. The van der Waals surface area contributed by atoms with Crippen molar-refractivity contribution in [1.82, 2.24) is 20.6 Å². The fourth-order valence-corrected chi connectivity index (χ4v) is 4.32. The highest BCUT2D eigenvalue weighted by Crippen LogP contribution is 2.44. The van der Waals surface area contributed by atoms with E-state index >= 15 is 0 Å². The molecule has 0 unspecified atom stereocenters. The summed E-state index contributed by atoms with van der Waals surface area (Å²) in [6.45, 7) is 10.6. The monoisotopic (exact) mass is 400 g/mol. The molecule has 30 heavy (non-hydrogen) atoms. The Morgan fingerprint density at radius 3 is 2.43 bits per heavy atom. The van der Waals surface area contributed by atoms with Gasteiger partial charge < -0.3 is 0 Å². The number of carbonyl (C=O) groups excluding carboxylic acids is 1. The summed E-state index contributed by atoms with van der Waals surface area (Å²) in [6.07, 6.45) is 3.71. The van der Waals surface area contributed by atoms with Gasteiger partial charge in [-0.2, -0.15) is 5.21 Å². The van der Waals surface area contributed by atoms with Gasteiger partial charge in [-0.15, -0.1) is 10.2 Å². The number of rotatable bonds is 4. The second-order valence-electron chi connectivity index (χ2n) is 9.25. The van der Waals surface area contributed by atoms with Crippen LogP contribution in [0.25, 0.3) is 23.0 Å². The number of Topliss-reactive ketones (excluding diaryl/α,β-unsaturated/α-hetero) is 1. The second-order valence-corrected chi connectivity index (χ2v) is 9.25. The minimum absolute atomic E-state index is 0.123. The molecule has 0 fully saturated rings. The quantitative estimate of drug-likeness (QED) is 0.600. The van der Waals surface area contributed by atoms with Gasteiger partial charge in [0.05, 0.1) is 0 Å². The zero-order valence-corrected chi connectivity index (χ0v) is 18.3. The third kappa shape index (κ3) is 3.49. The highest BCUT2D eigenvalue weighted by Gasteiger charge is 2.43. The average molecular weight is 401 g/mol. The molecule has 2 aromatic carbocycles. The van der Waals surface area contributed by atoms with Crippen LogP contribution < -0.4 is 0 Å². The van der Waals surface area contributed by atoms with Crippen molar-refractivity contribution in [3.8, 4) is 11.4 Å². The van der Waals surface area contributed by atoms with Crippen molar-refractivity contribution in [2.24, 2.45) is 0 Å². The van der Waals surface area contributed by atoms with E-state index in [1.165, 1.54) is 16.7 Å². The first-order valence-electron chi connectivity index (χ1n) is 10.5. The normalized spacial score (nSPS) is 17.6. The van der Waals surface area contributed by atoms with Crippen LogP contribution >= 0.6 is 0 Å². The van der Waals surface area contributed by atoms with E-state index in [0.717, 1.165) is 23.1 Å². The molecule has 5 heteroatoms. The number of carbonyl (C=O) groups is 1. The number of nitrogens with one attached hydrogen (secondary N) is 1. The number of fused-ring (bicyclic) bond motifs is 1. The largest absolute Gasteiger partial charge is 0.299 e. The number of benzene rings is 2. The number of H-pyrrole nitrogens is 1. The van der Waals surface area contributed by atoms with Gasteiger partial charge in [-0.25, -0.2) is 0 Å². The molecule has 0 aliphatic heterocycles. The fourth-order valence-electron chi connectivity index (χ4n) is 4.32. The van der Waals surface area contributed by atoms with E-state index in [-0.39, 0.29) is 5.41 Å². The summed E-state index contributed by atoms with van der Waals surface area (Å²) in [5, 5.41) is 14.1. The second kappa shape index (κ2) is 7.31. The predicted molar refractivity (Wildman–Crippen MR) is 120 cm³/mol. The van der Waals surface area contributed by atoms with E-state index in [9.17, 15) is 4.79 Å². The SMILES string of the molecule is CCC(=Cc1ccc(-c2nn[nH]n2)cc1)c1ccc2c(c1)C(C)(C)C(=O)CC2(C)C. The summed E-state index contributed by atoms with van der Waals surface area (Å²) in [5.74, 6) is 0.904. The van der Waals surface area contributed by atoms with Crippen molar-refractivity contribution in [2.75, 3.05) is 0 Å². The van der Waals surface area contributed by atoms with Gasteiger partial charge in [0.15, 0.2) is 0 Å². The molecule has 0 saturated carbocycles. The van der Waals surface area contributed by atoms with E-state index < -0.39 is 5.41 Å². The lowest BCUT2D eigenvalue weighted by atomic mass is 9.62. The molecule has 3 aromatic rings. The van der Waals surface area contributed by atoms with E-state index in [1.807, 2.05) is 12.1 Å². The number of allylic oxidation sites excluding steroid dienone is 1. The van der Waals surface area contributed by atoms with E-state index in [0.29, 0.717) is 18.0 Å². The number of aromatic nitrogens is 4. The molecule has 1 aromatic heterocycles. The van der Waals surface area contributed by atoms with Gasteiger partial charge in [-0.05, 0) is 58.7 Å². The lowest BCUT2D eigenvalue weighted by Crippen LogP contribution is -2.42. The summed E-state index contributed by atoms with van der Waals surface area (Å²) in [7, 11) is 0. The maximum Gasteiger partial charge on any atom is 0.204 e. The van der Waals surface area contributed by atoms with Gasteiger partial charge in [0.2, 0.25) is 5.82 Å². The molecule has 1 aliphatic carbocycles. The molecule has 0 radical (unpaired) electrons. The topological polar surface area (TPSA) is 71.5 Å². The maximum atomic E-state index is 12.8. The molecular weight excluding hydrogens is 372 g/mol. The summed E-state index contributed by atoms with van der Waals surface area (Å²) in [4.78, 5) is 12.8. The molecule has 0 amide bonds. The molecule has 4 rings (SSSR count). The molecule has 0 saturated heterocycles. The molecular formula is C25H28N4O. The molecule has 5 nitrogen and oxygen atoms in total. The number of hydrogen-bond donors (Lipinski definition) is 1. The van der Waals surface area contributed by atoms with E-state index in [4.69, 9.17) is 0 Å². The first kappa shape index (κ1) is 20.2. The van der Waals surface area contributed by atoms with E-state index in [2.05, 4.69) is 91.7 Å². The Labute approximate surface area is 177 Å². The Hall–Kier alpha value is -3.08. The number of nitrogens with zero attached hydrogens (tertiary/aromatic N) is 3. The minimum atomic E-state index is -0.452. The van der Waals surface area contributed by atoms with Gasteiger partial charge in [-0.3, -0.25) is 4.79 Å². The van der Waals surface area contributed by atoms with E-state index in [1.54, 1.807) is 0 Å². The molecule has 0 atom stereocenters. The lowest BCUT2D eigenvalue weighted by Gasteiger charge is -2.40. The number of aromatic amines is 1. The van der Waals surface area contributed by atoms with Crippen molar-refractivity contribution < 1.29 is 4.79 Å². The molecule has 154 valence electrons. The summed E-state index contributed by atoms with van der Waals surface area (Å²) in [6, 6.07) is 14.8. The van der Waals surface area contributed by atoms with Crippen LogP contribution in [0.1, 0.15) is 69.7 Å². The molecule has 1 heterocycles. The zero-order chi connectivity index (χ0) is 21.5. The Bertz CT molecular complexity index is 1110. The van der Waals surface area contributed by atoms with Crippen LogP contribution in [0.2, 0.25) is 0 Å². The summed E-state index contributed by atoms with van der Waals surface area (Å²) < 4.78 is 0. The maximum absolute atomic E-state index is 12.8. The Morgan fingerprint density at radius 2 is 1.80 bits per heavy atom. The van der Waals surface area contributed by atoms with Gasteiger partial charge >= 0.3 is 0 Å². The smallest absolute Gasteiger partial charge is 0.204 e. The van der Waals surface area contributed by atoms with Gasteiger partial charge in [0, 0.05) is 17.4 Å². The van der Waals surface area contributed by atoms with Crippen LogP contribution in [0.3, 0.4) is 0 Å². The molecule has 0 bridgehead atoms. The van der Waals surface area contributed by atoms with Crippen molar-refractivity contribution in [3.63, 3.8) is 0 Å². The fraction of sp³-hybridized carbons (Fsp3) is 0.360. The zero-order valence-electron chi connectivity index (χ0n) is 18.3. The first-order valence-corrected chi connectivity index (χ1v) is 10.5. The summed E-state index contributed by atoms with van der Waals surface area (Å²) in [5.41, 5.74) is 6.34. The van der Waals surface area contributed by atoms with Crippen molar-refractivity contribution >= 4 is 17.4 Å². The number of ketones is 1. The van der Waals surface area contributed by atoms with Crippen LogP contribution in [-0.2, 0) is 15.6 Å². The Morgan fingerprint density at radius 1 is 1.07 bits per heavy atom. The van der Waals surface area contributed by atoms with Gasteiger partial charge in [0.1, 0.15) is 5.78 Å². The third-order valence-electron chi connectivity index (χ3n) is 6.33. The van der Waals surface area contributed by atoms with Crippen LogP contribution in [0.5, 0.6) is 0 Å². The predicted octanol–water partition coefficient (Wildman–Crippen LogP) is 5.35. The highest BCUT2D eigenvalue weighted by atomic mass is 16.1. The third-order valence-corrected chi connectivity index (χ3v) is 6.33. The standard InChI is InChI=1S/C25H28N4O/c1-6-17(13-16-7-9-18(10-8-16)23-26-28-29-27-23)19-11-12-20-21(14-19)25(4,5)22(30)15-24(20,2)3/h7-14H,6,15H2,1-5H3,(H,26,27,28,29). The van der Waals surface area contributed by atoms with Crippen LogP contribution in [0.4, 0.5) is 0 Å². The Balaban J connectivity index is 1.72. The van der Waals surface area contributed by atoms with Crippen molar-refractivity contribution in [2.45, 2.75) is 58.3 Å². The molecule has 1 aliphatic rings. The lowest BCUT2D eigenvalue weighted by molar-refractivity contribution is -0.125. The average Bonchev–Trinajstić information content (AvgIpc) is 3.25. The van der Waals surface area contributed by atoms with Crippen LogP contribution in [0, 0.1) is 0 Å². The van der Waals surface area contributed by atoms with Gasteiger partial charge in [0.25, 0.3) is 0 Å². The minimum Gasteiger partial charge on any atom is -0.299 e. The van der Waals surface area contributed by atoms with Gasteiger partial charge in [-0.1, -0.05) is 69.3 Å². The molecule has 1 N–H and O–H groups in total. The van der Waals surface area contributed by atoms with Crippen molar-refractivity contribution in [3.05, 3.63) is 64.7 Å².